The molecule has 2 heterocycles. The quantitative estimate of drug-likeness (QED) is 0.272. The number of aromatic nitrogens is 4. The van der Waals surface area contributed by atoms with Crippen molar-refractivity contribution in [3.05, 3.63) is 89.9 Å². The predicted molar refractivity (Wildman–Crippen MR) is 146 cm³/mol. The van der Waals surface area contributed by atoms with Gasteiger partial charge in [0.2, 0.25) is 5.82 Å². The maximum atomic E-state index is 12.8. The summed E-state index contributed by atoms with van der Waals surface area (Å²) in [6.07, 6.45) is 3.48. The minimum Gasteiger partial charge on any atom is -0.493 e. The van der Waals surface area contributed by atoms with Crippen LogP contribution in [0.4, 0.5) is 5.69 Å². The fourth-order valence-corrected chi connectivity index (χ4v) is 5.46. The van der Waals surface area contributed by atoms with Crippen LogP contribution in [-0.2, 0) is 16.6 Å². The fraction of sp³-hybridized carbons (Fsp3) is 0.179. The van der Waals surface area contributed by atoms with E-state index in [-0.39, 0.29) is 10.8 Å². The van der Waals surface area contributed by atoms with Gasteiger partial charge in [0.1, 0.15) is 5.69 Å². The van der Waals surface area contributed by atoms with Crippen molar-refractivity contribution >= 4 is 15.7 Å². The van der Waals surface area contributed by atoms with Crippen molar-refractivity contribution in [2.75, 3.05) is 18.9 Å². The van der Waals surface area contributed by atoms with Gasteiger partial charge in [0.05, 0.1) is 25.4 Å². The Kier molecular flexibility index (Phi) is 7.07. The van der Waals surface area contributed by atoms with Crippen molar-refractivity contribution < 1.29 is 22.4 Å². The van der Waals surface area contributed by atoms with Crippen molar-refractivity contribution in [2.45, 2.75) is 25.3 Å². The Morgan fingerprint density at radius 2 is 1.72 bits per heavy atom. The van der Waals surface area contributed by atoms with Gasteiger partial charge in [-0.1, -0.05) is 35.0 Å². The average molecular weight is 546 g/mol. The van der Waals surface area contributed by atoms with Crippen molar-refractivity contribution in [3.8, 4) is 34.5 Å². The number of hydrogen-bond acceptors (Lipinski definition) is 8. The number of benzene rings is 3. The van der Waals surface area contributed by atoms with Crippen LogP contribution in [-0.4, -0.2) is 42.3 Å². The Balaban J connectivity index is 1.26. The van der Waals surface area contributed by atoms with E-state index in [1.54, 1.807) is 63.9 Å². The van der Waals surface area contributed by atoms with E-state index in [0.717, 1.165) is 16.7 Å². The number of imidazole rings is 1. The van der Waals surface area contributed by atoms with Gasteiger partial charge < -0.3 is 18.6 Å². The first-order valence-electron chi connectivity index (χ1n) is 12.0. The Hall–Kier alpha value is -4.64. The van der Waals surface area contributed by atoms with Crippen molar-refractivity contribution in [1.82, 2.24) is 19.7 Å². The summed E-state index contributed by atoms with van der Waals surface area (Å²) < 4.78 is 46.3. The SMILES string of the molecule is COc1ccc(-c2noc(-c3cn(Cc4ccc(NS(=O)(=O)c5ccc(C)cc5C)cc4)cn3)n2)cc1OC. The normalized spacial score (nSPS) is 11.4. The van der Waals surface area contributed by atoms with Crippen molar-refractivity contribution in [1.29, 1.82) is 0 Å². The molecule has 0 unspecified atom stereocenters. The van der Waals surface area contributed by atoms with Crippen molar-refractivity contribution in [3.63, 3.8) is 0 Å². The number of ether oxygens (including phenoxy) is 2. The maximum Gasteiger partial charge on any atom is 0.278 e. The van der Waals surface area contributed by atoms with Gasteiger partial charge in [0.25, 0.3) is 15.9 Å². The summed E-state index contributed by atoms with van der Waals surface area (Å²) in [6, 6.07) is 17.8. The van der Waals surface area contributed by atoms with Crippen LogP contribution in [0.1, 0.15) is 16.7 Å². The standard InChI is InChI=1S/C28H27N5O5S/c1-18-5-12-26(19(2)13-18)39(34,35)32-22-9-6-20(7-10-22)15-33-16-23(29-17-33)28-30-27(31-38-28)21-8-11-24(36-3)25(14-21)37-4/h5-14,16-17,32H,15H2,1-4H3. The van der Waals surface area contributed by atoms with Gasteiger partial charge in [-0.25, -0.2) is 13.4 Å². The van der Waals surface area contributed by atoms with Crippen LogP contribution in [0.15, 0.2) is 82.6 Å². The minimum atomic E-state index is -3.69. The molecule has 0 amide bonds. The smallest absolute Gasteiger partial charge is 0.278 e. The number of methoxy groups -OCH3 is 2. The molecule has 11 heteroatoms. The first kappa shape index (κ1) is 26.0. The molecular formula is C28H27N5O5S. The molecule has 0 aliphatic carbocycles. The highest BCUT2D eigenvalue weighted by Gasteiger charge is 2.18. The number of rotatable bonds is 9. The van der Waals surface area contributed by atoms with Gasteiger partial charge in [-0.05, 0) is 61.4 Å². The Labute approximate surface area is 226 Å². The summed E-state index contributed by atoms with van der Waals surface area (Å²) in [5, 5.41) is 4.07. The molecule has 0 aliphatic heterocycles. The largest absolute Gasteiger partial charge is 0.493 e. The van der Waals surface area contributed by atoms with E-state index in [2.05, 4.69) is 19.8 Å². The lowest BCUT2D eigenvalue weighted by molar-refractivity contribution is 0.355. The van der Waals surface area contributed by atoms with Gasteiger partial charge in [-0.15, -0.1) is 0 Å². The van der Waals surface area contributed by atoms with E-state index in [1.807, 2.05) is 42.0 Å². The first-order chi connectivity index (χ1) is 18.8. The summed E-state index contributed by atoms with van der Waals surface area (Å²) in [7, 11) is -0.551. The zero-order valence-corrected chi connectivity index (χ0v) is 22.7. The molecule has 0 atom stereocenters. The van der Waals surface area contributed by atoms with Crippen LogP contribution >= 0.6 is 0 Å². The lowest BCUT2D eigenvalue weighted by Gasteiger charge is -2.11. The Bertz CT molecular complexity index is 1730. The lowest BCUT2D eigenvalue weighted by Crippen LogP contribution is -2.14. The third-order valence-electron chi connectivity index (χ3n) is 6.11. The number of nitrogens with zero attached hydrogens (tertiary/aromatic N) is 4. The van der Waals surface area contributed by atoms with E-state index < -0.39 is 10.0 Å². The van der Waals surface area contributed by atoms with Crippen LogP contribution in [0.2, 0.25) is 0 Å². The molecular weight excluding hydrogens is 518 g/mol. The molecule has 2 aromatic heterocycles. The summed E-state index contributed by atoms with van der Waals surface area (Å²) >= 11 is 0. The van der Waals surface area contributed by atoms with E-state index in [9.17, 15) is 8.42 Å². The van der Waals surface area contributed by atoms with Gasteiger partial charge >= 0.3 is 0 Å². The second kappa shape index (κ2) is 10.6. The van der Waals surface area contributed by atoms with Crippen LogP contribution in [0.3, 0.4) is 0 Å². The zero-order valence-electron chi connectivity index (χ0n) is 21.9. The molecule has 0 fully saturated rings. The third-order valence-corrected chi connectivity index (χ3v) is 7.65. The monoisotopic (exact) mass is 545 g/mol. The van der Waals surface area contributed by atoms with Crippen LogP contribution in [0.25, 0.3) is 23.0 Å². The summed E-state index contributed by atoms with van der Waals surface area (Å²) in [6.45, 7) is 4.24. The maximum absolute atomic E-state index is 12.8. The molecule has 200 valence electrons. The number of sulfonamides is 1. The molecule has 3 aromatic carbocycles. The third kappa shape index (κ3) is 5.63. The van der Waals surface area contributed by atoms with Crippen molar-refractivity contribution in [2.24, 2.45) is 0 Å². The van der Waals surface area contributed by atoms with E-state index in [4.69, 9.17) is 14.0 Å². The van der Waals surface area contributed by atoms with Crippen LogP contribution in [0, 0.1) is 13.8 Å². The highest BCUT2D eigenvalue weighted by Crippen LogP contribution is 2.32. The molecule has 0 saturated heterocycles. The highest BCUT2D eigenvalue weighted by molar-refractivity contribution is 7.92. The molecule has 5 aromatic rings. The average Bonchev–Trinajstić information content (AvgIpc) is 3.59. The second-order valence-corrected chi connectivity index (χ2v) is 10.6. The first-order valence-corrected chi connectivity index (χ1v) is 13.5. The highest BCUT2D eigenvalue weighted by atomic mass is 32.2. The number of nitrogens with one attached hydrogen (secondary N) is 1. The molecule has 39 heavy (non-hydrogen) atoms. The molecule has 0 saturated carbocycles. The predicted octanol–water partition coefficient (Wildman–Crippen LogP) is 5.08. The summed E-state index contributed by atoms with van der Waals surface area (Å²) in [5.41, 5.74) is 4.41. The molecule has 0 bridgehead atoms. The van der Waals surface area contributed by atoms with Gasteiger partial charge in [-0.3, -0.25) is 4.72 Å². The summed E-state index contributed by atoms with van der Waals surface area (Å²) in [5.74, 6) is 1.86. The fourth-order valence-electron chi connectivity index (χ4n) is 4.18. The summed E-state index contributed by atoms with van der Waals surface area (Å²) in [4.78, 5) is 9.13. The molecule has 5 rings (SSSR count). The molecule has 10 nitrogen and oxygen atoms in total. The lowest BCUT2D eigenvalue weighted by atomic mass is 10.2. The van der Waals surface area contributed by atoms with E-state index in [0.29, 0.717) is 40.8 Å². The molecule has 0 radical (unpaired) electrons. The topological polar surface area (TPSA) is 121 Å². The van der Waals surface area contributed by atoms with Crippen LogP contribution in [0.5, 0.6) is 11.5 Å². The van der Waals surface area contributed by atoms with E-state index >= 15 is 0 Å². The van der Waals surface area contributed by atoms with Gasteiger partial charge in [0.15, 0.2) is 11.5 Å². The number of hydrogen-bond donors (Lipinski definition) is 1. The molecule has 1 N–H and O–H groups in total. The zero-order chi connectivity index (χ0) is 27.6. The number of anilines is 1. The Morgan fingerprint density at radius 3 is 2.44 bits per heavy atom. The Morgan fingerprint density at radius 1 is 0.949 bits per heavy atom. The van der Waals surface area contributed by atoms with Gasteiger partial charge in [-0.2, -0.15) is 4.98 Å². The molecule has 0 aliphatic rings. The van der Waals surface area contributed by atoms with Gasteiger partial charge in [0, 0.05) is 24.0 Å². The molecule has 0 spiro atoms. The number of aryl methyl sites for hydroxylation is 2. The van der Waals surface area contributed by atoms with E-state index in [1.165, 1.54) is 0 Å². The second-order valence-electron chi connectivity index (χ2n) is 9.00. The minimum absolute atomic E-state index is 0.262. The van der Waals surface area contributed by atoms with Crippen LogP contribution < -0.4 is 14.2 Å².